The van der Waals surface area contributed by atoms with Crippen molar-refractivity contribution in [1.82, 2.24) is 4.90 Å². The van der Waals surface area contributed by atoms with Crippen LogP contribution in [0.15, 0.2) is 0 Å². The summed E-state index contributed by atoms with van der Waals surface area (Å²) in [6, 6.07) is 0. The molecule has 0 aromatic carbocycles. The second-order valence-electron chi connectivity index (χ2n) is 6.19. The van der Waals surface area contributed by atoms with Gasteiger partial charge in [0.15, 0.2) is 0 Å². The van der Waals surface area contributed by atoms with Crippen molar-refractivity contribution in [2.24, 2.45) is 11.8 Å². The van der Waals surface area contributed by atoms with Gasteiger partial charge in [0, 0.05) is 19.0 Å². The number of methoxy groups -OCH3 is 1. The minimum Gasteiger partial charge on any atom is -0.469 e. The fourth-order valence-corrected chi connectivity index (χ4v) is 3.50. The molecule has 0 radical (unpaired) electrons. The van der Waals surface area contributed by atoms with Gasteiger partial charge in [-0.15, -0.1) is 0 Å². The molecular formula is C16H27NO3. The summed E-state index contributed by atoms with van der Waals surface area (Å²) in [6.45, 7) is 1.37. The maximum atomic E-state index is 12.6. The third kappa shape index (κ3) is 3.97. The Bertz CT molecular complexity index is 335. The molecule has 1 unspecified atom stereocenters. The first-order chi connectivity index (χ1) is 9.72. The zero-order valence-corrected chi connectivity index (χ0v) is 12.6. The summed E-state index contributed by atoms with van der Waals surface area (Å²) in [7, 11) is 1.43. The lowest BCUT2D eigenvalue weighted by molar-refractivity contribution is -0.149. The van der Waals surface area contributed by atoms with E-state index < -0.39 is 0 Å². The van der Waals surface area contributed by atoms with Gasteiger partial charge in [-0.05, 0) is 25.7 Å². The fraction of sp³-hybridized carbons (Fsp3) is 0.875. The van der Waals surface area contributed by atoms with Crippen LogP contribution in [0.4, 0.5) is 0 Å². The predicted molar refractivity (Wildman–Crippen MR) is 77.1 cm³/mol. The molecule has 1 amide bonds. The largest absolute Gasteiger partial charge is 0.469 e. The summed E-state index contributed by atoms with van der Waals surface area (Å²) < 4.78 is 4.82. The number of nitrogens with zero attached hydrogens (tertiary/aromatic N) is 1. The van der Waals surface area contributed by atoms with E-state index >= 15 is 0 Å². The van der Waals surface area contributed by atoms with Crippen molar-refractivity contribution in [3.05, 3.63) is 0 Å². The van der Waals surface area contributed by atoms with Gasteiger partial charge in [-0.3, -0.25) is 9.59 Å². The number of likely N-dealkylation sites (tertiary alicyclic amines) is 1. The SMILES string of the molecule is COC(=O)C1CCCN(C(=O)C2CCCCCCC2)C1. The zero-order valence-electron chi connectivity index (χ0n) is 12.6. The molecule has 1 aliphatic carbocycles. The molecule has 1 saturated heterocycles. The first-order valence-corrected chi connectivity index (χ1v) is 8.09. The van der Waals surface area contributed by atoms with E-state index in [2.05, 4.69) is 0 Å². The number of carbonyl (C=O) groups excluding carboxylic acids is 2. The summed E-state index contributed by atoms with van der Waals surface area (Å²) in [5.74, 6) is 0.179. The molecule has 1 heterocycles. The maximum absolute atomic E-state index is 12.6. The van der Waals surface area contributed by atoms with Gasteiger partial charge >= 0.3 is 5.97 Å². The lowest BCUT2D eigenvalue weighted by Gasteiger charge is -2.34. The van der Waals surface area contributed by atoms with E-state index in [1.165, 1.54) is 39.2 Å². The van der Waals surface area contributed by atoms with E-state index in [1.54, 1.807) is 0 Å². The first-order valence-electron chi connectivity index (χ1n) is 8.09. The Morgan fingerprint density at radius 1 is 0.900 bits per heavy atom. The van der Waals surface area contributed by atoms with Gasteiger partial charge in [-0.2, -0.15) is 0 Å². The van der Waals surface area contributed by atoms with Crippen LogP contribution in [0.5, 0.6) is 0 Å². The average molecular weight is 281 g/mol. The summed E-state index contributed by atoms with van der Waals surface area (Å²) in [5, 5.41) is 0. The molecule has 2 aliphatic rings. The second-order valence-corrected chi connectivity index (χ2v) is 6.19. The van der Waals surface area contributed by atoms with E-state index in [0.29, 0.717) is 6.54 Å². The minimum absolute atomic E-state index is 0.119. The molecule has 2 fully saturated rings. The molecule has 20 heavy (non-hydrogen) atoms. The van der Waals surface area contributed by atoms with Crippen LogP contribution in [0.2, 0.25) is 0 Å². The lowest BCUT2D eigenvalue weighted by atomic mass is 9.89. The van der Waals surface area contributed by atoms with Crippen LogP contribution in [-0.4, -0.2) is 37.0 Å². The topological polar surface area (TPSA) is 46.6 Å². The van der Waals surface area contributed by atoms with Gasteiger partial charge in [-0.1, -0.05) is 32.1 Å². The Morgan fingerprint density at radius 3 is 2.15 bits per heavy atom. The van der Waals surface area contributed by atoms with Crippen LogP contribution >= 0.6 is 0 Å². The lowest BCUT2D eigenvalue weighted by Crippen LogP contribution is -2.45. The van der Waals surface area contributed by atoms with E-state index in [4.69, 9.17) is 4.74 Å². The molecule has 1 aliphatic heterocycles. The smallest absolute Gasteiger partial charge is 0.310 e. The van der Waals surface area contributed by atoms with Crippen LogP contribution in [-0.2, 0) is 14.3 Å². The van der Waals surface area contributed by atoms with Crippen molar-refractivity contribution < 1.29 is 14.3 Å². The van der Waals surface area contributed by atoms with Crippen LogP contribution in [0, 0.1) is 11.8 Å². The molecule has 0 bridgehead atoms. The number of piperidine rings is 1. The van der Waals surface area contributed by atoms with Crippen LogP contribution < -0.4 is 0 Å². The molecule has 0 spiro atoms. The maximum Gasteiger partial charge on any atom is 0.310 e. The molecule has 4 nitrogen and oxygen atoms in total. The van der Waals surface area contributed by atoms with Crippen molar-refractivity contribution >= 4 is 11.9 Å². The number of amides is 1. The number of rotatable bonds is 2. The summed E-state index contributed by atoms with van der Waals surface area (Å²) in [5.41, 5.74) is 0. The van der Waals surface area contributed by atoms with Gasteiger partial charge in [0.1, 0.15) is 0 Å². The van der Waals surface area contributed by atoms with Gasteiger partial charge < -0.3 is 9.64 Å². The number of esters is 1. The van der Waals surface area contributed by atoms with Crippen LogP contribution in [0.3, 0.4) is 0 Å². The highest BCUT2D eigenvalue weighted by atomic mass is 16.5. The van der Waals surface area contributed by atoms with Gasteiger partial charge in [0.2, 0.25) is 5.91 Å². The van der Waals surface area contributed by atoms with Crippen molar-refractivity contribution in [2.75, 3.05) is 20.2 Å². The average Bonchev–Trinajstić information content (AvgIpc) is 2.45. The summed E-state index contributed by atoms with van der Waals surface area (Å²) in [6.07, 6.45) is 9.99. The van der Waals surface area contributed by atoms with Crippen LogP contribution in [0.1, 0.15) is 57.8 Å². The van der Waals surface area contributed by atoms with Gasteiger partial charge in [0.05, 0.1) is 13.0 Å². The van der Waals surface area contributed by atoms with E-state index in [9.17, 15) is 9.59 Å². The van der Waals surface area contributed by atoms with Crippen molar-refractivity contribution in [3.63, 3.8) is 0 Å². The number of hydrogen-bond donors (Lipinski definition) is 0. The van der Waals surface area contributed by atoms with Crippen molar-refractivity contribution in [2.45, 2.75) is 57.8 Å². The molecule has 1 saturated carbocycles. The monoisotopic (exact) mass is 281 g/mol. The Hall–Kier alpha value is -1.06. The highest BCUT2D eigenvalue weighted by molar-refractivity contribution is 5.80. The highest BCUT2D eigenvalue weighted by Crippen LogP contribution is 2.26. The highest BCUT2D eigenvalue weighted by Gasteiger charge is 2.32. The summed E-state index contributed by atoms with van der Waals surface area (Å²) in [4.78, 5) is 26.2. The quantitative estimate of drug-likeness (QED) is 0.731. The van der Waals surface area contributed by atoms with Crippen molar-refractivity contribution in [1.29, 1.82) is 0 Å². The van der Waals surface area contributed by atoms with E-state index in [-0.39, 0.29) is 23.7 Å². The Kier molecular flexibility index (Phi) is 5.86. The van der Waals surface area contributed by atoms with E-state index in [0.717, 1.165) is 32.2 Å². The molecule has 4 heteroatoms. The van der Waals surface area contributed by atoms with Crippen LogP contribution in [0.25, 0.3) is 0 Å². The Morgan fingerprint density at radius 2 is 1.50 bits per heavy atom. The second kappa shape index (κ2) is 7.65. The van der Waals surface area contributed by atoms with Gasteiger partial charge in [-0.25, -0.2) is 0 Å². The van der Waals surface area contributed by atoms with E-state index in [1.807, 2.05) is 4.90 Å². The predicted octanol–water partition coefficient (Wildman–Crippen LogP) is 2.76. The third-order valence-corrected chi connectivity index (χ3v) is 4.72. The summed E-state index contributed by atoms with van der Waals surface area (Å²) >= 11 is 0. The molecule has 0 N–H and O–H groups in total. The van der Waals surface area contributed by atoms with Gasteiger partial charge in [0.25, 0.3) is 0 Å². The van der Waals surface area contributed by atoms with Crippen molar-refractivity contribution in [3.8, 4) is 0 Å². The molecule has 0 aromatic heterocycles. The molecule has 1 atom stereocenters. The third-order valence-electron chi connectivity index (χ3n) is 4.72. The fourth-order valence-electron chi connectivity index (χ4n) is 3.50. The zero-order chi connectivity index (χ0) is 14.4. The standard InChI is InChI=1S/C16H27NO3/c1-20-16(19)14-10-7-11-17(12-14)15(18)13-8-5-3-2-4-6-9-13/h13-14H,2-12H2,1H3. The number of ether oxygens (including phenoxy) is 1. The normalized spacial score (nSPS) is 25.6. The molecule has 2 rings (SSSR count). The Labute approximate surface area is 121 Å². The first kappa shape index (κ1) is 15.3. The number of carbonyl (C=O) groups is 2. The minimum atomic E-state index is -0.167. The number of hydrogen-bond acceptors (Lipinski definition) is 3. The molecular weight excluding hydrogens is 254 g/mol. The molecule has 0 aromatic rings. The molecule has 114 valence electrons. The Balaban J connectivity index is 1.91.